The van der Waals surface area contributed by atoms with E-state index in [-0.39, 0.29) is 18.9 Å². The van der Waals surface area contributed by atoms with Crippen LogP contribution < -0.4 is 5.32 Å². The SMILES string of the molecule is CC/C=C\C/C=C\C/C=C\C/C=C\C/C=C\C/C=C\C/C=C\CCCCCCCCCCCCCC(=O)NC(COC1OC(CO)C(OC2OC(CO)C(O)C(O)C2O)C(O)C1O)C(O)/C=C/CC/C=C/CC/C=C/CCCCCCC. The van der Waals surface area contributed by atoms with Gasteiger partial charge in [0, 0.05) is 6.42 Å². The monoisotopic (exact) mass is 1150 g/mol. The zero-order valence-electron chi connectivity index (χ0n) is 50.4. The first-order valence-electron chi connectivity index (χ1n) is 31.8. The van der Waals surface area contributed by atoms with Gasteiger partial charge in [-0.25, -0.2) is 0 Å². The van der Waals surface area contributed by atoms with Gasteiger partial charge in [0.05, 0.1) is 32.0 Å². The van der Waals surface area contributed by atoms with Gasteiger partial charge in [-0.2, -0.15) is 0 Å². The van der Waals surface area contributed by atoms with Crippen molar-refractivity contribution in [3.63, 3.8) is 0 Å². The van der Waals surface area contributed by atoms with Crippen LogP contribution in [0.15, 0.2) is 122 Å². The summed E-state index contributed by atoms with van der Waals surface area (Å²) in [5.41, 5.74) is 0. The molecule has 2 saturated heterocycles. The van der Waals surface area contributed by atoms with Gasteiger partial charge in [-0.15, -0.1) is 0 Å². The van der Waals surface area contributed by atoms with Gasteiger partial charge in [-0.05, 0) is 103 Å². The Balaban J connectivity index is 1.69. The summed E-state index contributed by atoms with van der Waals surface area (Å²) in [6, 6.07) is -0.947. The zero-order valence-corrected chi connectivity index (χ0v) is 50.4. The molecule has 2 aliphatic rings. The molecule has 0 aliphatic carbocycles. The number of carbonyl (C=O) groups excluding carboxylic acids is 1. The van der Waals surface area contributed by atoms with Gasteiger partial charge in [0.1, 0.15) is 48.8 Å². The summed E-state index contributed by atoms with van der Waals surface area (Å²) in [6.07, 6.45) is 58.1. The second-order valence-corrected chi connectivity index (χ2v) is 21.8. The first kappa shape index (κ1) is 74.5. The minimum Gasteiger partial charge on any atom is -0.394 e. The lowest BCUT2D eigenvalue weighted by molar-refractivity contribution is -0.359. The number of amides is 1. The molecular weight excluding hydrogens is 1040 g/mol. The molecule has 0 bridgehead atoms. The summed E-state index contributed by atoms with van der Waals surface area (Å²) < 4.78 is 22.8. The smallest absolute Gasteiger partial charge is 0.220 e. The number of carbonyl (C=O) groups is 1. The minimum atomic E-state index is -1.80. The van der Waals surface area contributed by atoms with Crippen molar-refractivity contribution >= 4 is 5.91 Å². The highest BCUT2D eigenvalue weighted by molar-refractivity contribution is 5.76. The molecule has 82 heavy (non-hydrogen) atoms. The predicted octanol–water partition coefficient (Wildman–Crippen LogP) is 11.8. The van der Waals surface area contributed by atoms with E-state index in [1.54, 1.807) is 6.08 Å². The maximum Gasteiger partial charge on any atom is 0.220 e. The minimum absolute atomic E-state index is 0.258. The quantitative estimate of drug-likeness (QED) is 0.0204. The van der Waals surface area contributed by atoms with Crippen LogP contribution in [0.5, 0.6) is 0 Å². The van der Waals surface area contributed by atoms with Crippen LogP contribution in [0, 0.1) is 0 Å². The number of nitrogens with one attached hydrogen (secondary N) is 1. The Bertz CT molecular complexity index is 1840. The molecule has 0 spiro atoms. The molecule has 14 nitrogen and oxygen atoms in total. The fraction of sp³-hybridized carbons (Fsp3) is 0.691. The molecule has 14 heteroatoms. The molecule has 0 radical (unpaired) electrons. The third-order valence-corrected chi connectivity index (χ3v) is 14.6. The van der Waals surface area contributed by atoms with Crippen molar-refractivity contribution in [3.05, 3.63) is 122 Å². The van der Waals surface area contributed by atoms with Crippen LogP contribution in [0.25, 0.3) is 0 Å². The van der Waals surface area contributed by atoms with E-state index in [9.17, 15) is 45.6 Å². The van der Waals surface area contributed by atoms with Crippen molar-refractivity contribution in [2.45, 2.75) is 280 Å². The van der Waals surface area contributed by atoms with Crippen molar-refractivity contribution in [2.24, 2.45) is 0 Å². The Morgan fingerprint density at radius 1 is 0.451 bits per heavy atom. The van der Waals surface area contributed by atoms with Crippen LogP contribution in [-0.4, -0.2) is 140 Å². The highest BCUT2D eigenvalue weighted by atomic mass is 16.7. The van der Waals surface area contributed by atoms with Crippen LogP contribution in [0.2, 0.25) is 0 Å². The van der Waals surface area contributed by atoms with Crippen LogP contribution in [0.3, 0.4) is 0 Å². The van der Waals surface area contributed by atoms with E-state index in [2.05, 4.69) is 129 Å². The fourth-order valence-electron chi connectivity index (χ4n) is 9.54. The van der Waals surface area contributed by atoms with Gasteiger partial charge in [-0.1, -0.05) is 219 Å². The van der Waals surface area contributed by atoms with Crippen molar-refractivity contribution < 1.29 is 64.6 Å². The Hall–Kier alpha value is -3.61. The van der Waals surface area contributed by atoms with Gasteiger partial charge in [0.15, 0.2) is 12.6 Å². The molecular formula is C68H113NO13. The summed E-state index contributed by atoms with van der Waals surface area (Å²) in [5.74, 6) is -0.263. The Morgan fingerprint density at radius 3 is 1.34 bits per heavy atom. The Morgan fingerprint density at radius 2 is 0.854 bits per heavy atom. The van der Waals surface area contributed by atoms with Gasteiger partial charge in [0.2, 0.25) is 5.91 Å². The topological polar surface area (TPSA) is 228 Å². The Kier molecular flexibility index (Phi) is 47.0. The van der Waals surface area contributed by atoms with Gasteiger partial charge in [0.25, 0.3) is 0 Å². The largest absolute Gasteiger partial charge is 0.394 e. The lowest BCUT2D eigenvalue weighted by atomic mass is 9.97. The second-order valence-electron chi connectivity index (χ2n) is 21.8. The molecule has 9 N–H and O–H groups in total. The molecule has 0 saturated carbocycles. The third kappa shape index (κ3) is 36.3. The number of hydrogen-bond acceptors (Lipinski definition) is 13. The second kappa shape index (κ2) is 51.8. The highest BCUT2D eigenvalue weighted by Gasteiger charge is 2.51. The Labute approximate surface area is 495 Å². The van der Waals surface area contributed by atoms with E-state index >= 15 is 0 Å². The number of allylic oxidation sites excluding steroid dienone is 19. The lowest BCUT2D eigenvalue weighted by Gasteiger charge is -2.46. The van der Waals surface area contributed by atoms with E-state index in [0.717, 1.165) is 96.3 Å². The molecule has 0 aromatic rings. The molecule has 1 amide bonds. The third-order valence-electron chi connectivity index (χ3n) is 14.6. The summed E-state index contributed by atoms with van der Waals surface area (Å²) in [5, 5.41) is 87.1. The molecule has 12 unspecified atom stereocenters. The molecule has 0 aromatic carbocycles. The maximum atomic E-state index is 13.3. The normalized spacial score (nSPS) is 24.8. The van der Waals surface area contributed by atoms with E-state index < -0.39 is 86.8 Å². The van der Waals surface area contributed by atoms with E-state index in [1.807, 2.05) is 6.08 Å². The number of ether oxygens (including phenoxy) is 4. The lowest BCUT2D eigenvalue weighted by Crippen LogP contribution is -2.65. The van der Waals surface area contributed by atoms with Crippen molar-refractivity contribution in [2.75, 3.05) is 19.8 Å². The first-order valence-corrected chi connectivity index (χ1v) is 31.8. The molecule has 2 heterocycles. The van der Waals surface area contributed by atoms with E-state index in [1.165, 1.54) is 77.0 Å². The highest BCUT2D eigenvalue weighted by Crippen LogP contribution is 2.30. The predicted molar refractivity (Wildman–Crippen MR) is 332 cm³/mol. The summed E-state index contributed by atoms with van der Waals surface area (Å²) in [4.78, 5) is 13.3. The zero-order chi connectivity index (χ0) is 59.5. The summed E-state index contributed by atoms with van der Waals surface area (Å²) in [7, 11) is 0. The summed E-state index contributed by atoms with van der Waals surface area (Å²) in [6.45, 7) is 2.62. The van der Waals surface area contributed by atoms with Crippen molar-refractivity contribution in [3.8, 4) is 0 Å². The number of unbranched alkanes of at least 4 members (excludes halogenated alkanes) is 18. The number of hydrogen-bond donors (Lipinski definition) is 9. The van der Waals surface area contributed by atoms with Crippen LogP contribution >= 0.6 is 0 Å². The first-order chi connectivity index (χ1) is 40.1. The van der Waals surface area contributed by atoms with Gasteiger partial charge in [-0.3, -0.25) is 4.79 Å². The molecule has 12 atom stereocenters. The average molecular weight is 1150 g/mol. The van der Waals surface area contributed by atoms with Gasteiger partial charge < -0.3 is 65.1 Å². The van der Waals surface area contributed by atoms with Crippen molar-refractivity contribution in [1.82, 2.24) is 5.32 Å². The molecule has 0 aromatic heterocycles. The molecule has 468 valence electrons. The van der Waals surface area contributed by atoms with E-state index in [4.69, 9.17) is 18.9 Å². The van der Waals surface area contributed by atoms with Crippen molar-refractivity contribution in [1.29, 1.82) is 0 Å². The van der Waals surface area contributed by atoms with Gasteiger partial charge >= 0.3 is 0 Å². The number of rotatable bonds is 49. The van der Waals surface area contributed by atoms with Crippen LogP contribution in [0.4, 0.5) is 0 Å². The molecule has 2 aliphatic heterocycles. The number of aliphatic hydroxyl groups is 8. The van der Waals surface area contributed by atoms with Crippen LogP contribution in [-0.2, 0) is 23.7 Å². The summed E-state index contributed by atoms with van der Waals surface area (Å²) >= 11 is 0. The fourth-order valence-corrected chi connectivity index (χ4v) is 9.54. The number of aliphatic hydroxyl groups excluding tert-OH is 8. The average Bonchev–Trinajstić information content (AvgIpc) is 3.60. The van der Waals surface area contributed by atoms with E-state index in [0.29, 0.717) is 12.8 Å². The molecule has 2 rings (SSSR count). The maximum absolute atomic E-state index is 13.3. The molecule has 2 fully saturated rings. The standard InChI is InChI=1S/C68H113NO13/c1-3-5-7-9-11-13-15-17-19-20-21-22-23-24-25-26-27-28-29-30-31-32-33-34-35-36-38-40-42-44-46-48-50-52-60(73)69-56(57(72)51-49-47-45-43-41-39-37-18-16-14-12-10-8-6-4-2)55-79-67-65(78)63(76)66(59(54-71)81-67)82-68-64(77)62(75)61(74)58(53-70)80-68/h5,7,11,13,16-19,21-22,24-25,27-28,30-31,41,43,49,51,56-59,61-68,70-72,74-78H,3-4,6,8-10,12,14-15,20,23,26,29,32-40,42,44-48,50,52-55H2,1-2H3,(H,69,73)/b7-5-,13-11-,18-16+,19-17-,22-21-,25-24-,28-27-,31-30-,43-41+,51-49+. The van der Waals surface area contributed by atoms with Crippen LogP contribution in [0.1, 0.15) is 206 Å².